The van der Waals surface area contributed by atoms with E-state index in [1.165, 1.54) is 5.56 Å². The van der Waals surface area contributed by atoms with Crippen LogP contribution in [0.4, 0.5) is 11.4 Å². The van der Waals surface area contributed by atoms with E-state index >= 15 is 0 Å². The van der Waals surface area contributed by atoms with Crippen LogP contribution >= 0.6 is 11.6 Å². The van der Waals surface area contributed by atoms with Gasteiger partial charge in [-0.2, -0.15) is 0 Å². The Morgan fingerprint density at radius 3 is 2.30 bits per heavy atom. The molecule has 0 spiro atoms. The molecule has 2 rings (SSSR count). The van der Waals surface area contributed by atoms with Crippen LogP contribution in [0.25, 0.3) is 0 Å². The summed E-state index contributed by atoms with van der Waals surface area (Å²) in [7, 11) is 2.02. The fourth-order valence-corrected chi connectivity index (χ4v) is 2.49. The first-order valence-electron chi connectivity index (χ1n) is 6.90. The number of halogens is 1. The standard InChI is InChI=1S/C17H21ClN2/c1-4-13-5-8-15(9-6-13)20(3)17-10-7-14(12(2)19)11-16(17)18/h5-12H,4,19H2,1-3H3. The van der Waals surface area contributed by atoms with Crippen molar-refractivity contribution in [3.8, 4) is 0 Å². The van der Waals surface area contributed by atoms with Gasteiger partial charge in [-0.05, 0) is 48.7 Å². The van der Waals surface area contributed by atoms with Crippen LogP contribution in [0, 0.1) is 0 Å². The van der Waals surface area contributed by atoms with Crippen LogP contribution < -0.4 is 10.6 Å². The van der Waals surface area contributed by atoms with E-state index in [4.69, 9.17) is 17.3 Å². The molecule has 0 fully saturated rings. The highest BCUT2D eigenvalue weighted by Gasteiger charge is 2.10. The molecule has 0 bridgehead atoms. The quantitative estimate of drug-likeness (QED) is 0.884. The summed E-state index contributed by atoms with van der Waals surface area (Å²) in [5, 5.41) is 0.724. The lowest BCUT2D eigenvalue weighted by Crippen LogP contribution is -2.11. The van der Waals surface area contributed by atoms with Gasteiger partial charge in [0.1, 0.15) is 0 Å². The third-order valence-corrected chi connectivity index (χ3v) is 3.89. The molecular weight excluding hydrogens is 268 g/mol. The predicted molar refractivity (Wildman–Crippen MR) is 87.9 cm³/mol. The highest BCUT2D eigenvalue weighted by Crippen LogP contribution is 2.32. The smallest absolute Gasteiger partial charge is 0.0646 e. The van der Waals surface area contributed by atoms with Crippen molar-refractivity contribution in [2.24, 2.45) is 5.73 Å². The van der Waals surface area contributed by atoms with E-state index in [1.807, 2.05) is 32.2 Å². The molecule has 0 aromatic heterocycles. The van der Waals surface area contributed by atoms with Gasteiger partial charge in [-0.3, -0.25) is 0 Å². The second-order valence-corrected chi connectivity index (χ2v) is 5.49. The molecular formula is C17H21ClN2. The van der Waals surface area contributed by atoms with E-state index < -0.39 is 0 Å². The number of hydrogen-bond acceptors (Lipinski definition) is 2. The highest BCUT2D eigenvalue weighted by atomic mass is 35.5. The molecule has 2 nitrogen and oxygen atoms in total. The summed E-state index contributed by atoms with van der Waals surface area (Å²) in [6, 6.07) is 14.5. The van der Waals surface area contributed by atoms with Gasteiger partial charge in [-0.25, -0.2) is 0 Å². The third-order valence-electron chi connectivity index (χ3n) is 3.59. The zero-order valence-electron chi connectivity index (χ0n) is 12.2. The summed E-state index contributed by atoms with van der Waals surface area (Å²) >= 11 is 6.38. The topological polar surface area (TPSA) is 29.3 Å². The lowest BCUT2D eigenvalue weighted by molar-refractivity contribution is 0.818. The fourth-order valence-electron chi connectivity index (χ4n) is 2.17. The van der Waals surface area contributed by atoms with Gasteiger partial charge in [0.25, 0.3) is 0 Å². The first kappa shape index (κ1) is 14.9. The molecule has 1 atom stereocenters. The molecule has 0 saturated heterocycles. The van der Waals surface area contributed by atoms with Crippen molar-refractivity contribution >= 4 is 23.0 Å². The second kappa shape index (κ2) is 6.29. The number of benzene rings is 2. The predicted octanol–water partition coefficient (Wildman–Crippen LogP) is 4.69. The lowest BCUT2D eigenvalue weighted by Gasteiger charge is -2.22. The minimum absolute atomic E-state index is 0.00399. The van der Waals surface area contributed by atoms with E-state index in [1.54, 1.807) is 0 Å². The van der Waals surface area contributed by atoms with Gasteiger partial charge in [-0.1, -0.05) is 36.7 Å². The van der Waals surface area contributed by atoms with Crippen molar-refractivity contribution in [2.45, 2.75) is 26.3 Å². The van der Waals surface area contributed by atoms with Gasteiger partial charge in [0, 0.05) is 18.8 Å². The average Bonchev–Trinajstić information content (AvgIpc) is 2.46. The second-order valence-electron chi connectivity index (χ2n) is 5.08. The van der Waals surface area contributed by atoms with Gasteiger partial charge in [0.05, 0.1) is 10.7 Å². The Morgan fingerprint density at radius 2 is 1.80 bits per heavy atom. The van der Waals surface area contributed by atoms with Crippen LogP contribution in [0.15, 0.2) is 42.5 Å². The minimum Gasteiger partial charge on any atom is -0.343 e. The van der Waals surface area contributed by atoms with Gasteiger partial charge < -0.3 is 10.6 Å². The van der Waals surface area contributed by atoms with Crippen molar-refractivity contribution in [3.05, 3.63) is 58.6 Å². The van der Waals surface area contributed by atoms with Crippen LogP contribution in [0.5, 0.6) is 0 Å². The largest absolute Gasteiger partial charge is 0.343 e. The third kappa shape index (κ3) is 3.14. The molecule has 1 unspecified atom stereocenters. The van der Waals surface area contributed by atoms with E-state index in [9.17, 15) is 0 Å². The summed E-state index contributed by atoms with van der Waals surface area (Å²) < 4.78 is 0. The molecule has 2 aromatic carbocycles. The summed E-state index contributed by atoms with van der Waals surface area (Å²) in [5.41, 5.74) is 10.4. The van der Waals surface area contributed by atoms with E-state index in [-0.39, 0.29) is 6.04 Å². The minimum atomic E-state index is -0.00399. The zero-order chi connectivity index (χ0) is 14.7. The maximum Gasteiger partial charge on any atom is 0.0646 e. The lowest BCUT2D eigenvalue weighted by atomic mass is 10.1. The Hall–Kier alpha value is -1.51. The maximum absolute atomic E-state index is 6.38. The van der Waals surface area contributed by atoms with Crippen molar-refractivity contribution < 1.29 is 0 Å². The van der Waals surface area contributed by atoms with Crippen LogP contribution in [-0.4, -0.2) is 7.05 Å². The van der Waals surface area contributed by atoms with E-state index in [2.05, 4.69) is 36.1 Å². The molecule has 2 N–H and O–H groups in total. The van der Waals surface area contributed by atoms with Gasteiger partial charge >= 0.3 is 0 Å². The molecule has 0 radical (unpaired) electrons. The summed E-state index contributed by atoms with van der Waals surface area (Å²) in [4.78, 5) is 2.09. The Balaban J connectivity index is 2.30. The molecule has 3 heteroatoms. The molecule has 0 saturated carbocycles. The van der Waals surface area contributed by atoms with Gasteiger partial charge in [-0.15, -0.1) is 0 Å². The van der Waals surface area contributed by atoms with Crippen molar-refractivity contribution in [1.29, 1.82) is 0 Å². The van der Waals surface area contributed by atoms with Gasteiger partial charge in [0.2, 0.25) is 0 Å². The molecule has 2 aromatic rings. The van der Waals surface area contributed by atoms with Crippen molar-refractivity contribution in [2.75, 3.05) is 11.9 Å². The fraction of sp³-hybridized carbons (Fsp3) is 0.294. The number of aryl methyl sites for hydroxylation is 1. The van der Waals surface area contributed by atoms with Crippen molar-refractivity contribution in [3.63, 3.8) is 0 Å². The van der Waals surface area contributed by atoms with Crippen molar-refractivity contribution in [1.82, 2.24) is 0 Å². The monoisotopic (exact) mass is 288 g/mol. The van der Waals surface area contributed by atoms with Gasteiger partial charge in [0.15, 0.2) is 0 Å². The Morgan fingerprint density at radius 1 is 1.15 bits per heavy atom. The van der Waals surface area contributed by atoms with Crippen LogP contribution in [0.3, 0.4) is 0 Å². The number of nitrogens with zero attached hydrogens (tertiary/aromatic N) is 1. The Bertz CT molecular complexity index is 576. The Kier molecular flexibility index (Phi) is 4.69. The summed E-state index contributed by atoms with van der Waals surface area (Å²) in [6.07, 6.45) is 1.05. The molecule has 0 amide bonds. The maximum atomic E-state index is 6.38. The van der Waals surface area contributed by atoms with E-state index in [0.29, 0.717) is 0 Å². The average molecular weight is 289 g/mol. The summed E-state index contributed by atoms with van der Waals surface area (Å²) in [6.45, 7) is 4.11. The molecule has 106 valence electrons. The first-order valence-corrected chi connectivity index (χ1v) is 7.28. The number of nitrogens with two attached hydrogens (primary N) is 1. The van der Waals surface area contributed by atoms with Crippen LogP contribution in [-0.2, 0) is 6.42 Å². The molecule has 0 aliphatic carbocycles. The van der Waals surface area contributed by atoms with Crippen LogP contribution in [0.2, 0.25) is 5.02 Å². The molecule has 0 aliphatic rings. The van der Waals surface area contributed by atoms with Crippen LogP contribution in [0.1, 0.15) is 31.0 Å². The SMILES string of the molecule is CCc1ccc(N(C)c2ccc(C(C)N)cc2Cl)cc1. The Labute approximate surface area is 126 Å². The molecule has 20 heavy (non-hydrogen) atoms. The highest BCUT2D eigenvalue weighted by molar-refractivity contribution is 6.33. The number of hydrogen-bond donors (Lipinski definition) is 1. The number of rotatable bonds is 4. The first-order chi connectivity index (χ1) is 9.52. The molecule has 0 heterocycles. The molecule has 0 aliphatic heterocycles. The van der Waals surface area contributed by atoms with E-state index in [0.717, 1.165) is 28.4 Å². The normalized spacial score (nSPS) is 12.2. The number of anilines is 2. The zero-order valence-corrected chi connectivity index (χ0v) is 13.0. The summed E-state index contributed by atoms with van der Waals surface area (Å²) in [5.74, 6) is 0.